The molecule has 0 radical (unpaired) electrons. The fourth-order valence-corrected chi connectivity index (χ4v) is 11.7. The predicted octanol–water partition coefficient (Wildman–Crippen LogP) is 13.3. The molecular formula is C46H78O4. The maximum Gasteiger partial charge on any atom is 0.306 e. The largest absolute Gasteiger partial charge is 0.462 e. The highest BCUT2D eigenvalue weighted by Gasteiger charge is 2.74. The van der Waals surface area contributed by atoms with Gasteiger partial charge in [0.25, 0.3) is 0 Å². The highest BCUT2D eigenvalue weighted by atomic mass is 17.2. The second kappa shape index (κ2) is 17.8. The van der Waals surface area contributed by atoms with Crippen LogP contribution in [0, 0.1) is 46.3 Å². The normalized spacial score (nSPS) is 37.1. The first-order chi connectivity index (χ1) is 24.0. The SMILES string of the molecule is CCCCCCCCCCCCCCCCCC(=O)O[C@H]1CC[C@]2(C)C3CC[C@@]4(C)C(CC[C@@H]4[C@H](C)/C=C/[C@H](C)C(C)C)C34C=CC2(C1)OO4. The van der Waals surface area contributed by atoms with E-state index in [0.717, 1.165) is 32.1 Å². The Morgan fingerprint density at radius 3 is 1.94 bits per heavy atom. The van der Waals surface area contributed by atoms with Crippen molar-refractivity contribution in [1.29, 1.82) is 0 Å². The molecule has 4 unspecified atom stereocenters. The number of hydrogen-bond donors (Lipinski definition) is 0. The molecule has 0 aromatic heterocycles. The van der Waals surface area contributed by atoms with Gasteiger partial charge in [0.2, 0.25) is 0 Å². The number of hydrogen-bond acceptors (Lipinski definition) is 4. The smallest absolute Gasteiger partial charge is 0.306 e. The van der Waals surface area contributed by atoms with Gasteiger partial charge in [-0.3, -0.25) is 4.79 Å². The Balaban J connectivity index is 1.04. The number of fused-ring (bicyclic) bond motifs is 2. The molecule has 0 N–H and O–H groups in total. The van der Waals surface area contributed by atoms with Crippen LogP contribution in [0.5, 0.6) is 0 Å². The van der Waals surface area contributed by atoms with Gasteiger partial charge in [-0.05, 0) is 80.1 Å². The van der Waals surface area contributed by atoms with Crippen molar-refractivity contribution in [1.82, 2.24) is 0 Å². The van der Waals surface area contributed by atoms with Gasteiger partial charge in [-0.1, -0.05) is 157 Å². The van der Waals surface area contributed by atoms with Gasteiger partial charge in [0, 0.05) is 30.1 Å². The number of carbonyl (C=O) groups is 1. The Labute approximate surface area is 308 Å². The summed E-state index contributed by atoms with van der Waals surface area (Å²) in [6.07, 6.45) is 37.9. The van der Waals surface area contributed by atoms with Gasteiger partial charge in [0.1, 0.15) is 17.3 Å². The molecule has 286 valence electrons. The van der Waals surface area contributed by atoms with Crippen LogP contribution in [-0.2, 0) is 19.3 Å². The lowest BCUT2D eigenvalue weighted by Gasteiger charge is -2.69. The maximum absolute atomic E-state index is 13.0. The Morgan fingerprint density at radius 2 is 1.36 bits per heavy atom. The van der Waals surface area contributed by atoms with Crippen LogP contribution in [0.15, 0.2) is 24.3 Å². The van der Waals surface area contributed by atoms with Crippen LogP contribution in [0.2, 0.25) is 0 Å². The number of ether oxygens (including phenoxy) is 1. The van der Waals surface area contributed by atoms with E-state index >= 15 is 0 Å². The molecule has 4 aliphatic carbocycles. The van der Waals surface area contributed by atoms with Crippen molar-refractivity contribution < 1.29 is 19.3 Å². The Kier molecular flexibility index (Phi) is 14.3. The van der Waals surface area contributed by atoms with E-state index in [2.05, 4.69) is 72.8 Å². The van der Waals surface area contributed by atoms with Gasteiger partial charge in [0.15, 0.2) is 0 Å². The molecule has 50 heavy (non-hydrogen) atoms. The zero-order chi connectivity index (χ0) is 35.8. The van der Waals surface area contributed by atoms with Crippen molar-refractivity contribution in [3.63, 3.8) is 0 Å². The average molecular weight is 695 g/mol. The first kappa shape index (κ1) is 40.1. The zero-order valence-electron chi connectivity index (χ0n) is 33.7. The third kappa shape index (κ3) is 8.48. The molecule has 2 bridgehead atoms. The molecule has 2 aliphatic heterocycles. The van der Waals surface area contributed by atoms with Gasteiger partial charge in [-0.25, -0.2) is 9.78 Å². The summed E-state index contributed by atoms with van der Waals surface area (Å²) >= 11 is 0. The number of unbranched alkanes of at least 4 members (excludes halogenated alkanes) is 14. The zero-order valence-corrected chi connectivity index (χ0v) is 33.7. The quantitative estimate of drug-likeness (QED) is 0.0519. The van der Waals surface area contributed by atoms with Crippen molar-refractivity contribution in [3.8, 4) is 0 Å². The monoisotopic (exact) mass is 695 g/mol. The third-order valence-electron chi connectivity index (χ3n) is 15.4. The molecule has 0 aromatic carbocycles. The number of rotatable bonds is 21. The lowest BCUT2D eigenvalue weighted by molar-refractivity contribution is -0.497. The molecule has 0 amide bonds. The molecule has 2 heterocycles. The summed E-state index contributed by atoms with van der Waals surface area (Å²) in [5.74, 6) is 3.46. The van der Waals surface area contributed by atoms with E-state index in [1.54, 1.807) is 0 Å². The Morgan fingerprint density at radius 1 is 0.740 bits per heavy atom. The fourth-order valence-electron chi connectivity index (χ4n) is 11.7. The van der Waals surface area contributed by atoms with Crippen LogP contribution < -0.4 is 0 Å². The minimum Gasteiger partial charge on any atom is -0.462 e. The minimum absolute atomic E-state index is 0.00872. The third-order valence-corrected chi connectivity index (χ3v) is 15.4. The Bertz CT molecular complexity index is 1130. The lowest BCUT2D eigenvalue weighted by Crippen LogP contribution is -2.73. The van der Waals surface area contributed by atoms with Crippen LogP contribution >= 0.6 is 0 Å². The fraction of sp³-hybridized carbons (Fsp3) is 0.891. The standard InChI is InChI=1S/C46H78O4/c1-8-9-10-11-12-13-14-15-16-17-18-19-20-21-22-23-42(47)48-38-28-31-44(7)41-29-30-43(6)39(37(5)25-24-36(4)35(2)3)26-27-40(43)46(41)33-32-45(44,34-38)49-50-46/h24-25,32-33,35-41H,8-23,26-31,34H2,1-7H3/b25-24+/t36-,37+,38-,39+,40?,41?,43+,44+,45?,46?/m0/s1. The highest BCUT2D eigenvalue weighted by molar-refractivity contribution is 5.69. The van der Waals surface area contributed by atoms with Crippen molar-refractivity contribution in [2.75, 3.05) is 0 Å². The summed E-state index contributed by atoms with van der Waals surface area (Å²) < 4.78 is 6.15. The van der Waals surface area contributed by atoms with Gasteiger partial charge in [0.05, 0.1) is 0 Å². The molecule has 3 saturated carbocycles. The first-order valence-corrected chi connectivity index (χ1v) is 22.0. The van der Waals surface area contributed by atoms with Gasteiger partial charge >= 0.3 is 5.97 Å². The molecule has 1 saturated heterocycles. The van der Waals surface area contributed by atoms with Gasteiger partial charge < -0.3 is 4.74 Å². The van der Waals surface area contributed by atoms with Crippen LogP contribution in [0.4, 0.5) is 0 Å². The molecule has 4 heteroatoms. The van der Waals surface area contributed by atoms with E-state index in [0.29, 0.717) is 41.9 Å². The summed E-state index contributed by atoms with van der Waals surface area (Å²) in [7, 11) is 0. The van der Waals surface area contributed by atoms with Gasteiger partial charge in [-0.2, -0.15) is 0 Å². The average Bonchev–Trinajstić information content (AvgIpc) is 3.46. The van der Waals surface area contributed by atoms with E-state index in [9.17, 15) is 4.79 Å². The summed E-state index contributed by atoms with van der Waals surface area (Å²) in [6.45, 7) is 16.8. The lowest BCUT2D eigenvalue weighted by atomic mass is 9.42. The molecule has 0 aromatic rings. The number of allylic oxidation sites excluding steroid dienone is 2. The van der Waals surface area contributed by atoms with Gasteiger partial charge in [-0.15, -0.1) is 0 Å². The van der Waals surface area contributed by atoms with E-state index in [1.807, 2.05) is 0 Å². The Hall–Kier alpha value is -1.13. The molecule has 4 nitrogen and oxygen atoms in total. The minimum atomic E-state index is -0.494. The second-order valence-corrected chi connectivity index (χ2v) is 18.9. The maximum atomic E-state index is 13.0. The summed E-state index contributed by atoms with van der Waals surface area (Å²) in [5.41, 5.74) is -0.562. The second-order valence-electron chi connectivity index (χ2n) is 18.9. The topological polar surface area (TPSA) is 44.8 Å². The summed E-state index contributed by atoms with van der Waals surface area (Å²) in [5, 5.41) is 0. The van der Waals surface area contributed by atoms with E-state index < -0.39 is 5.60 Å². The summed E-state index contributed by atoms with van der Waals surface area (Å²) in [4.78, 5) is 26.3. The molecule has 2 spiro atoms. The molecule has 6 rings (SSSR count). The molecule has 4 fully saturated rings. The summed E-state index contributed by atoms with van der Waals surface area (Å²) in [6, 6.07) is 0. The van der Waals surface area contributed by atoms with Crippen molar-refractivity contribution in [3.05, 3.63) is 24.3 Å². The number of esters is 1. The van der Waals surface area contributed by atoms with Crippen molar-refractivity contribution >= 4 is 5.97 Å². The van der Waals surface area contributed by atoms with Crippen LogP contribution in [0.1, 0.15) is 196 Å². The van der Waals surface area contributed by atoms with Crippen molar-refractivity contribution in [2.24, 2.45) is 46.3 Å². The van der Waals surface area contributed by atoms with Crippen LogP contribution in [-0.4, -0.2) is 23.3 Å². The number of carbonyl (C=O) groups excluding carboxylic acids is 1. The van der Waals surface area contributed by atoms with E-state index in [-0.39, 0.29) is 28.5 Å². The first-order valence-electron chi connectivity index (χ1n) is 22.0. The molecule has 6 aliphatic rings. The van der Waals surface area contributed by atoms with E-state index in [4.69, 9.17) is 14.5 Å². The molecular weight excluding hydrogens is 617 g/mol. The van der Waals surface area contributed by atoms with E-state index in [1.165, 1.54) is 109 Å². The van der Waals surface area contributed by atoms with Crippen LogP contribution in [0.25, 0.3) is 0 Å². The van der Waals surface area contributed by atoms with Crippen molar-refractivity contribution in [2.45, 2.75) is 213 Å². The molecule has 10 atom stereocenters. The highest BCUT2D eigenvalue weighted by Crippen LogP contribution is 2.73. The predicted molar refractivity (Wildman–Crippen MR) is 208 cm³/mol. The van der Waals surface area contributed by atoms with Crippen LogP contribution in [0.3, 0.4) is 0 Å².